The van der Waals surface area contributed by atoms with Crippen LogP contribution in [-0.4, -0.2) is 50.1 Å². The molecule has 2 aliphatic carbocycles. The van der Waals surface area contributed by atoms with Crippen LogP contribution in [0.25, 0.3) is 0 Å². The van der Waals surface area contributed by atoms with Crippen molar-refractivity contribution in [2.75, 3.05) is 0 Å². The standard InChI is InChI=1S/C9H10F2O8S2/c10-9(11,21(15,16)17)8(12)18-6-3-1-4-5(2-3)19-20(13,14)7(4)6/h3-7H,1-2H2,(H,15,16,17). The van der Waals surface area contributed by atoms with Crippen LogP contribution in [0, 0.1) is 11.8 Å². The Morgan fingerprint density at radius 1 is 1.33 bits per heavy atom. The highest BCUT2D eigenvalue weighted by molar-refractivity contribution is 7.88. The van der Waals surface area contributed by atoms with Crippen molar-refractivity contribution in [2.45, 2.75) is 35.6 Å². The molecule has 0 aromatic rings. The number of halogens is 2. The number of hydrogen-bond acceptors (Lipinski definition) is 7. The molecule has 0 spiro atoms. The average Bonchev–Trinajstić information content (AvgIpc) is 2.87. The highest BCUT2D eigenvalue weighted by Gasteiger charge is 2.67. The minimum absolute atomic E-state index is 0.232. The summed E-state index contributed by atoms with van der Waals surface area (Å²) in [7, 11) is -10.0. The third-order valence-electron chi connectivity index (χ3n) is 4.19. The fourth-order valence-electron chi connectivity index (χ4n) is 3.38. The second kappa shape index (κ2) is 4.12. The molecule has 3 fully saturated rings. The Labute approximate surface area is 118 Å². The number of carbonyl (C=O) groups is 1. The Kier molecular flexibility index (Phi) is 2.95. The van der Waals surface area contributed by atoms with Gasteiger partial charge in [-0.05, 0) is 12.8 Å². The molecule has 12 heteroatoms. The molecule has 1 N–H and O–H groups in total. The Hall–Kier alpha value is -0.850. The van der Waals surface area contributed by atoms with Crippen molar-refractivity contribution in [3.8, 4) is 0 Å². The van der Waals surface area contributed by atoms with Gasteiger partial charge in [0.1, 0.15) is 11.4 Å². The summed E-state index contributed by atoms with van der Waals surface area (Å²) in [5, 5.41) is -6.40. The first-order chi connectivity index (χ1) is 9.45. The van der Waals surface area contributed by atoms with Crippen molar-refractivity contribution < 1.29 is 43.9 Å². The van der Waals surface area contributed by atoms with Crippen LogP contribution in [0.15, 0.2) is 0 Å². The number of carbonyl (C=O) groups excluding carboxylic acids is 1. The molecule has 0 aromatic heterocycles. The fraction of sp³-hybridized carbons (Fsp3) is 0.889. The summed E-state index contributed by atoms with van der Waals surface area (Å²) in [5.74, 6) is -3.42. The summed E-state index contributed by atoms with van der Waals surface area (Å²) < 4.78 is 88.3. The molecular weight excluding hydrogens is 338 g/mol. The van der Waals surface area contributed by atoms with E-state index in [-0.39, 0.29) is 6.42 Å². The quantitative estimate of drug-likeness (QED) is 0.412. The fourth-order valence-corrected chi connectivity index (χ4v) is 5.66. The second-order valence-corrected chi connectivity index (χ2v) is 8.53. The monoisotopic (exact) mass is 348 g/mol. The van der Waals surface area contributed by atoms with E-state index in [4.69, 9.17) is 8.74 Å². The van der Waals surface area contributed by atoms with Gasteiger partial charge in [0.15, 0.2) is 0 Å². The molecule has 2 saturated carbocycles. The Morgan fingerprint density at radius 2 is 1.95 bits per heavy atom. The molecule has 21 heavy (non-hydrogen) atoms. The van der Waals surface area contributed by atoms with Crippen molar-refractivity contribution in [3.63, 3.8) is 0 Å². The van der Waals surface area contributed by atoms with Crippen LogP contribution in [0.2, 0.25) is 0 Å². The largest absolute Gasteiger partial charge is 0.465 e. The molecule has 0 radical (unpaired) electrons. The summed E-state index contributed by atoms with van der Waals surface area (Å²) in [6.07, 6.45) is -1.36. The van der Waals surface area contributed by atoms with Crippen LogP contribution < -0.4 is 0 Å². The lowest BCUT2D eigenvalue weighted by molar-refractivity contribution is -0.169. The Morgan fingerprint density at radius 3 is 2.52 bits per heavy atom. The maximum Gasteiger partial charge on any atom is 0.465 e. The van der Waals surface area contributed by atoms with E-state index in [0.717, 1.165) is 0 Å². The van der Waals surface area contributed by atoms with Gasteiger partial charge < -0.3 is 4.74 Å². The van der Waals surface area contributed by atoms with Gasteiger partial charge in [0.2, 0.25) is 0 Å². The van der Waals surface area contributed by atoms with Gasteiger partial charge in [-0.15, -0.1) is 0 Å². The van der Waals surface area contributed by atoms with Crippen LogP contribution in [-0.2, 0) is 34.0 Å². The van der Waals surface area contributed by atoms with Crippen molar-refractivity contribution in [2.24, 2.45) is 11.8 Å². The number of ether oxygens (including phenoxy) is 1. The number of fused-ring (bicyclic) bond motifs is 1. The minimum atomic E-state index is -5.99. The van der Waals surface area contributed by atoms with E-state index in [2.05, 4.69) is 4.74 Å². The van der Waals surface area contributed by atoms with E-state index in [9.17, 15) is 30.4 Å². The smallest absolute Gasteiger partial charge is 0.455 e. The minimum Gasteiger partial charge on any atom is -0.455 e. The first-order valence-electron chi connectivity index (χ1n) is 5.93. The molecule has 1 aliphatic heterocycles. The van der Waals surface area contributed by atoms with Crippen molar-refractivity contribution in [1.29, 1.82) is 0 Å². The van der Waals surface area contributed by atoms with Crippen LogP contribution in [0.3, 0.4) is 0 Å². The predicted octanol–water partition coefficient (Wildman–Crippen LogP) is -0.484. The summed E-state index contributed by atoms with van der Waals surface area (Å²) in [6, 6.07) is 0. The average molecular weight is 348 g/mol. The van der Waals surface area contributed by atoms with Gasteiger partial charge in [-0.3, -0.25) is 8.74 Å². The Balaban J connectivity index is 1.85. The molecule has 1 heterocycles. The van der Waals surface area contributed by atoms with Crippen LogP contribution in [0.4, 0.5) is 8.78 Å². The summed E-state index contributed by atoms with van der Waals surface area (Å²) in [4.78, 5) is 11.3. The lowest BCUT2D eigenvalue weighted by Gasteiger charge is -2.25. The van der Waals surface area contributed by atoms with E-state index in [1.165, 1.54) is 0 Å². The zero-order valence-electron chi connectivity index (χ0n) is 10.2. The number of esters is 1. The van der Waals surface area contributed by atoms with Gasteiger partial charge in [0.05, 0.1) is 6.10 Å². The third-order valence-corrected chi connectivity index (χ3v) is 6.81. The number of alkyl halides is 2. The molecule has 120 valence electrons. The molecule has 0 aromatic carbocycles. The molecular formula is C9H10F2O8S2. The van der Waals surface area contributed by atoms with Gasteiger partial charge in [-0.1, -0.05) is 0 Å². The zero-order valence-corrected chi connectivity index (χ0v) is 11.8. The van der Waals surface area contributed by atoms with E-state index in [0.29, 0.717) is 6.42 Å². The number of hydrogen-bond donors (Lipinski definition) is 1. The van der Waals surface area contributed by atoms with Crippen LogP contribution >= 0.6 is 0 Å². The first kappa shape index (κ1) is 15.1. The second-order valence-electron chi connectivity index (χ2n) is 5.35. The normalized spacial score (nSPS) is 40.4. The van der Waals surface area contributed by atoms with E-state index in [1.807, 2.05) is 0 Å². The maximum atomic E-state index is 13.2. The first-order valence-corrected chi connectivity index (χ1v) is 8.84. The summed E-state index contributed by atoms with van der Waals surface area (Å²) in [5.41, 5.74) is 0. The SMILES string of the molecule is O=C(OC1C2CC3OS(=O)(=O)C1C3C2)C(F)(F)S(=O)(=O)O. The van der Waals surface area contributed by atoms with Crippen molar-refractivity contribution >= 4 is 26.2 Å². The molecule has 3 rings (SSSR count). The zero-order chi connectivity index (χ0) is 15.8. The molecule has 0 amide bonds. The lowest BCUT2D eigenvalue weighted by atomic mass is 9.95. The highest BCUT2D eigenvalue weighted by Crippen LogP contribution is 2.55. The molecule has 5 atom stereocenters. The van der Waals surface area contributed by atoms with Gasteiger partial charge in [-0.2, -0.15) is 25.6 Å². The van der Waals surface area contributed by atoms with E-state index >= 15 is 0 Å². The van der Waals surface area contributed by atoms with Gasteiger partial charge in [0.25, 0.3) is 10.1 Å². The van der Waals surface area contributed by atoms with E-state index < -0.39 is 60.8 Å². The third kappa shape index (κ3) is 1.99. The maximum absolute atomic E-state index is 13.2. The van der Waals surface area contributed by atoms with E-state index in [1.54, 1.807) is 0 Å². The van der Waals surface area contributed by atoms with Gasteiger partial charge >= 0.3 is 21.3 Å². The predicted molar refractivity (Wildman–Crippen MR) is 60.2 cm³/mol. The van der Waals surface area contributed by atoms with Crippen LogP contribution in [0.1, 0.15) is 12.8 Å². The lowest BCUT2D eigenvalue weighted by Crippen LogP contribution is -2.45. The molecule has 1 saturated heterocycles. The van der Waals surface area contributed by atoms with Gasteiger partial charge in [0, 0.05) is 11.8 Å². The summed E-state index contributed by atoms with van der Waals surface area (Å²) in [6.45, 7) is 0. The van der Waals surface area contributed by atoms with Crippen molar-refractivity contribution in [1.82, 2.24) is 0 Å². The van der Waals surface area contributed by atoms with Gasteiger partial charge in [-0.25, -0.2) is 4.79 Å². The Bertz CT molecular complexity index is 697. The van der Waals surface area contributed by atoms with Crippen LogP contribution in [0.5, 0.6) is 0 Å². The highest BCUT2D eigenvalue weighted by atomic mass is 32.2. The topological polar surface area (TPSA) is 124 Å². The van der Waals surface area contributed by atoms with Crippen molar-refractivity contribution in [3.05, 3.63) is 0 Å². The molecule has 3 aliphatic rings. The molecule has 2 bridgehead atoms. The molecule has 5 unspecified atom stereocenters. The number of rotatable bonds is 3. The molecule has 8 nitrogen and oxygen atoms in total. The summed E-state index contributed by atoms with van der Waals surface area (Å²) >= 11 is 0.